The maximum Gasteiger partial charge on any atom is 0.220 e. The zero-order chi connectivity index (χ0) is 12.7. The average molecular weight is 302 g/mol. The molecule has 1 aromatic rings. The van der Waals surface area contributed by atoms with E-state index in [4.69, 9.17) is 4.42 Å². The number of aryl methyl sites for hydroxylation is 1. The van der Waals surface area contributed by atoms with Crippen LogP contribution in [0, 0.1) is 5.92 Å². The van der Waals surface area contributed by atoms with E-state index in [9.17, 15) is 4.79 Å². The van der Waals surface area contributed by atoms with Crippen molar-refractivity contribution in [3.63, 3.8) is 0 Å². The van der Waals surface area contributed by atoms with Crippen LogP contribution in [0.2, 0.25) is 0 Å². The molecule has 0 aliphatic rings. The number of furan rings is 1. The highest BCUT2D eigenvalue weighted by atomic mass is 79.9. The van der Waals surface area contributed by atoms with E-state index in [0.29, 0.717) is 18.8 Å². The molecule has 0 saturated heterocycles. The van der Waals surface area contributed by atoms with Crippen molar-refractivity contribution in [3.05, 3.63) is 24.2 Å². The van der Waals surface area contributed by atoms with Gasteiger partial charge in [0.15, 0.2) is 0 Å². The van der Waals surface area contributed by atoms with E-state index in [2.05, 4.69) is 35.1 Å². The van der Waals surface area contributed by atoms with E-state index < -0.39 is 0 Å². The summed E-state index contributed by atoms with van der Waals surface area (Å²) in [6.07, 6.45) is 3.75. The molecule has 0 bridgehead atoms. The first kappa shape index (κ1) is 14.3. The summed E-state index contributed by atoms with van der Waals surface area (Å²) in [5.74, 6) is 1.42. The van der Waals surface area contributed by atoms with Gasteiger partial charge in [0, 0.05) is 24.2 Å². The first-order valence-electron chi connectivity index (χ1n) is 6.01. The van der Waals surface area contributed by atoms with Gasteiger partial charge in [-0.2, -0.15) is 0 Å². The number of nitrogens with one attached hydrogen (secondary N) is 1. The number of carbonyl (C=O) groups is 1. The smallest absolute Gasteiger partial charge is 0.220 e. The Morgan fingerprint density at radius 1 is 1.53 bits per heavy atom. The summed E-state index contributed by atoms with van der Waals surface area (Å²) in [6.45, 7) is 4.25. The predicted molar refractivity (Wildman–Crippen MR) is 72.2 cm³/mol. The van der Waals surface area contributed by atoms with Gasteiger partial charge in [0.05, 0.1) is 6.26 Å². The van der Waals surface area contributed by atoms with Crippen LogP contribution in [-0.2, 0) is 11.2 Å². The Hall–Kier alpha value is -0.770. The van der Waals surface area contributed by atoms with Crippen molar-refractivity contribution in [2.45, 2.75) is 39.2 Å². The largest absolute Gasteiger partial charge is 0.469 e. The maximum atomic E-state index is 11.8. The Morgan fingerprint density at radius 3 is 2.82 bits per heavy atom. The van der Waals surface area contributed by atoms with E-state index in [1.807, 2.05) is 12.1 Å². The number of rotatable bonds is 7. The van der Waals surface area contributed by atoms with Crippen LogP contribution in [-0.4, -0.2) is 17.3 Å². The van der Waals surface area contributed by atoms with Crippen LogP contribution in [0.15, 0.2) is 22.8 Å². The second kappa shape index (κ2) is 7.54. The molecular formula is C13H20BrNO2. The van der Waals surface area contributed by atoms with Gasteiger partial charge in [0.25, 0.3) is 0 Å². The fraction of sp³-hybridized carbons (Fsp3) is 0.615. The molecule has 4 heteroatoms. The van der Waals surface area contributed by atoms with E-state index >= 15 is 0 Å². The zero-order valence-corrected chi connectivity index (χ0v) is 12.0. The van der Waals surface area contributed by atoms with Crippen LogP contribution in [0.1, 0.15) is 32.4 Å². The van der Waals surface area contributed by atoms with Gasteiger partial charge in [-0.25, -0.2) is 0 Å². The number of hydrogen-bond acceptors (Lipinski definition) is 2. The molecule has 0 spiro atoms. The van der Waals surface area contributed by atoms with Crippen LogP contribution in [0.4, 0.5) is 0 Å². The maximum absolute atomic E-state index is 11.8. The predicted octanol–water partition coefficient (Wildman–Crippen LogP) is 3.14. The van der Waals surface area contributed by atoms with Crippen LogP contribution < -0.4 is 5.32 Å². The molecule has 17 heavy (non-hydrogen) atoms. The van der Waals surface area contributed by atoms with Gasteiger partial charge in [-0.1, -0.05) is 29.8 Å². The van der Waals surface area contributed by atoms with Crippen molar-refractivity contribution < 1.29 is 9.21 Å². The first-order chi connectivity index (χ1) is 8.13. The number of amides is 1. The Labute approximate surface area is 111 Å². The number of halogens is 1. The molecular weight excluding hydrogens is 282 g/mol. The van der Waals surface area contributed by atoms with Gasteiger partial charge in [-0.15, -0.1) is 0 Å². The van der Waals surface area contributed by atoms with Crippen molar-refractivity contribution in [2.75, 3.05) is 5.33 Å². The summed E-state index contributed by atoms with van der Waals surface area (Å²) < 4.78 is 5.20. The molecule has 1 N–H and O–H groups in total. The van der Waals surface area contributed by atoms with Crippen LogP contribution in [0.5, 0.6) is 0 Å². The quantitative estimate of drug-likeness (QED) is 0.786. The highest BCUT2D eigenvalue weighted by molar-refractivity contribution is 9.09. The topological polar surface area (TPSA) is 42.2 Å². The Kier molecular flexibility index (Phi) is 6.34. The molecule has 1 heterocycles. The SMILES string of the molecule is CC(C)C(CCBr)NC(=O)CCc1ccco1. The monoisotopic (exact) mass is 301 g/mol. The summed E-state index contributed by atoms with van der Waals surface area (Å²) in [5, 5.41) is 3.98. The van der Waals surface area contributed by atoms with Gasteiger partial charge in [0.2, 0.25) is 5.91 Å². The molecule has 0 fully saturated rings. The van der Waals surface area contributed by atoms with Crippen molar-refractivity contribution in [1.29, 1.82) is 0 Å². The summed E-state index contributed by atoms with van der Waals surface area (Å²) in [5.41, 5.74) is 0. The Bertz CT molecular complexity index is 322. The van der Waals surface area contributed by atoms with Crippen molar-refractivity contribution >= 4 is 21.8 Å². The summed E-state index contributed by atoms with van der Waals surface area (Å²) in [7, 11) is 0. The Morgan fingerprint density at radius 2 is 2.29 bits per heavy atom. The lowest BCUT2D eigenvalue weighted by Crippen LogP contribution is -2.38. The summed E-state index contributed by atoms with van der Waals surface area (Å²) >= 11 is 3.41. The summed E-state index contributed by atoms with van der Waals surface area (Å²) in [4.78, 5) is 11.8. The highest BCUT2D eigenvalue weighted by Gasteiger charge is 2.15. The van der Waals surface area contributed by atoms with Gasteiger partial charge >= 0.3 is 0 Å². The van der Waals surface area contributed by atoms with Gasteiger partial charge in [0.1, 0.15) is 5.76 Å². The third-order valence-corrected chi connectivity index (χ3v) is 3.21. The van der Waals surface area contributed by atoms with Gasteiger partial charge < -0.3 is 9.73 Å². The van der Waals surface area contributed by atoms with Crippen LogP contribution in [0.25, 0.3) is 0 Å². The fourth-order valence-electron chi connectivity index (χ4n) is 1.66. The van der Waals surface area contributed by atoms with Crippen molar-refractivity contribution in [2.24, 2.45) is 5.92 Å². The van der Waals surface area contributed by atoms with Gasteiger partial charge in [-0.05, 0) is 24.5 Å². The molecule has 1 atom stereocenters. The number of carbonyl (C=O) groups excluding carboxylic acids is 1. The van der Waals surface area contributed by atoms with Crippen molar-refractivity contribution in [3.8, 4) is 0 Å². The minimum absolute atomic E-state index is 0.0982. The first-order valence-corrected chi connectivity index (χ1v) is 7.13. The lowest BCUT2D eigenvalue weighted by molar-refractivity contribution is -0.122. The second-order valence-corrected chi connectivity index (χ2v) is 5.27. The zero-order valence-electron chi connectivity index (χ0n) is 10.4. The molecule has 0 aromatic carbocycles. The van der Waals surface area contributed by atoms with Crippen LogP contribution in [0.3, 0.4) is 0 Å². The molecule has 0 radical (unpaired) electrons. The van der Waals surface area contributed by atoms with E-state index in [1.165, 1.54) is 0 Å². The fourth-order valence-corrected chi connectivity index (χ4v) is 2.15. The molecule has 0 saturated carbocycles. The molecule has 0 aliphatic carbocycles. The molecule has 1 amide bonds. The second-order valence-electron chi connectivity index (χ2n) is 4.48. The molecule has 96 valence electrons. The molecule has 0 aliphatic heterocycles. The van der Waals surface area contributed by atoms with Gasteiger partial charge in [-0.3, -0.25) is 4.79 Å². The van der Waals surface area contributed by atoms with Crippen LogP contribution >= 0.6 is 15.9 Å². The standard InChI is InChI=1S/C13H20BrNO2/c1-10(2)12(7-8-14)15-13(16)6-5-11-4-3-9-17-11/h3-4,9-10,12H,5-8H2,1-2H3,(H,15,16). The number of alkyl halides is 1. The van der Waals surface area contributed by atoms with E-state index in [0.717, 1.165) is 17.5 Å². The third-order valence-electron chi connectivity index (χ3n) is 2.75. The van der Waals surface area contributed by atoms with Crippen molar-refractivity contribution in [1.82, 2.24) is 5.32 Å². The average Bonchev–Trinajstić information content (AvgIpc) is 2.78. The Balaban J connectivity index is 2.32. The lowest BCUT2D eigenvalue weighted by atomic mass is 10.0. The lowest BCUT2D eigenvalue weighted by Gasteiger charge is -2.21. The minimum Gasteiger partial charge on any atom is -0.469 e. The number of hydrogen-bond donors (Lipinski definition) is 1. The molecule has 1 aromatic heterocycles. The van der Waals surface area contributed by atoms with E-state index in [-0.39, 0.29) is 11.9 Å². The molecule has 1 unspecified atom stereocenters. The minimum atomic E-state index is 0.0982. The summed E-state index contributed by atoms with van der Waals surface area (Å²) in [6, 6.07) is 3.99. The van der Waals surface area contributed by atoms with E-state index in [1.54, 1.807) is 6.26 Å². The third kappa shape index (κ3) is 5.39. The molecule has 1 rings (SSSR count). The highest BCUT2D eigenvalue weighted by Crippen LogP contribution is 2.09. The normalized spacial score (nSPS) is 12.7. The molecule has 3 nitrogen and oxygen atoms in total.